The molecule has 0 rings (SSSR count). The van der Waals surface area contributed by atoms with E-state index in [1.807, 2.05) is 55.4 Å². The molecule has 0 aliphatic heterocycles. The summed E-state index contributed by atoms with van der Waals surface area (Å²) in [6.45, 7) is 15.3. The van der Waals surface area contributed by atoms with E-state index in [1.165, 1.54) is 0 Å². The summed E-state index contributed by atoms with van der Waals surface area (Å²) >= 11 is 0. The molecule has 6 nitrogen and oxygen atoms in total. The molecule has 0 aliphatic rings. The van der Waals surface area contributed by atoms with Gasteiger partial charge < -0.3 is 0 Å². The van der Waals surface area contributed by atoms with Crippen molar-refractivity contribution < 1.29 is 25.2 Å². The van der Waals surface area contributed by atoms with Crippen LogP contribution in [0, 0.1) is 10.8 Å². The lowest BCUT2D eigenvalue weighted by Gasteiger charge is -2.30. The zero-order chi connectivity index (χ0) is 20.8. The average molecular weight is 415 g/mol. The van der Waals surface area contributed by atoms with E-state index in [9.17, 15) is 16.8 Å². The third kappa shape index (κ3) is 10.2. The van der Waals surface area contributed by atoms with Gasteiger partial charge in [0.15, 0.2) is 0 Å². The lowest BCUT2D eigenvalue weighted by Crippen LogP contribution is -2.35. The minimum atomic E-state index is -3.96. The summed E-state index contributed by atoms with van der Waals surface area (Å²) in [5.74, 6) is -1.21. The third-order valence-electron chi connectivity index (χ3n) is 4.14. The van der Waals surface area contributed by atoms with Crippen molar-refractivity contribution in [3.05, 3.63) is 0 Å². The Kier molecular flexibility index (Phi) is 9.78. The van der Waals surface area contributed by atoms with Crippen LogP contribution in [0.3, 0.4) is 0 Å². The fourth-order valence-corrected chi connectivity index (χ4v) is 5.73. The largest absolute Gasteiger partial charge is 0.268 e. The highest BCUT2D eigenvalue weighted by Gasteiger charge is 2.33. The van der Waals surface area contributed by atoms with Crippen molar-refractivity contribution in [3.8, 4) is 0 Å². The summed E-state index contributed by atoms with van der Waals surface area (Å²) in [4.78, 5) is 0. The molecule has 0 N–H and O–H groups in total. The van der Waals surface area contributed by atoms with Crippen LogP contribution in [0.25, 0.3) is 0 Å². The standard InChI is InChI=1S/C18H38O6S2/c1-9-11-15(17(3,4)5)23-25(19,20)13-14-26(21,22)24-16(12-10-2)18(6,7)8/h15-16H,9-14H2,1-8H3. The summed E-state index contributed by atoms with van der Waals surface area (Å²) in [5.41, 5.74) is -0.701. The van der Waals surface area contributed by atoms with Gasteiger partial charge in [0, 0.05) is 0 Å². The van der Waals surface area contributed by atoms with Gasteiger partial charge in [0.2, 0.25) is 0 Å². The van der Waals surface area contributed by atoms with Crippen molar-refractivity contribution in [3.63, 3.8) is 0 Å². The van der Waals surface area contributed by atoms with E-state index in [2.05, 4.69) is 0 Å². The maximum absolute atomic E-state index is 12.3. The van der Waals surface area contributed by atoms with Crippen molar-refractivity contribution in [1.82, 2.24) is 0 Å². The molecule has 158 valence electrons. The predicted molar refractivity (Wildman–Crippen MR) is 106 cm³/mol. The summed E-state index contributed by atoms with van der Waals surface area (Å²) in [5, 5.41) is 0. The second-order valence-corrected chi connectivity index (χ2v) is 12.4. The van der Waals surface area contributed by atoms with E-state index in [0.29, 0.717) is 12.8 Å². The van der Waals surface area contributed by atoms with Gasteiger partial charge in [-0.2, -0.15) is 16.8 Å². The molecule has 0 bridgehead atoms. The van der Waals surface area contributed by atoms with Gasteiger partial charge in [-0.15, -0.1) is 0 Å². The van der Waals surface area contributed by atoms with Crippen LogP contribution in [0.15, 0.2) is 0 Å². The van der Waals surface area contributed by atoms with Gasteiger partial charge in [0.05, 0.1) is 23.7 Å². The highest BCUT2D eigenvalue weighted by Crippen LogP contribution is 2.29. The molecule has 0 saturated carbocycles. The van der Waals surface area contributed by atoms with Crippen LogP contribution in [0.1, 0.15) is 81.1 Å². The number of rotatable bonds is 11. The van der Waals surface area contributed by atoms with Crippen LogP contribution in [0.2, 0.25) is 0 Å². The van der Waals surface area contributed by atoms with E-state index in [4.69, 9.17) is 8.37 Å². The minimum absolute atomic E-state index is 0.350. The van der Waals surface area contributed by atoms with Crippen molar-refractivity contribution in [1.29, 1.82) is 0 Å². The first-order valence-electron chi connectivity index (χ1n) is 9.36. The molecule has 8 heteroatoms. The van der Waals surface area contributed by atoms with Crippen LogP contribution >= 0.6 is 0 Å². The van der Waals surface area contributed by atoms with E-state index in [0.717, 1.165) is 12.8 Å². The molecule has 0 spiro atoms. The maximum atomic E-state index is 12.3. The van der Waals surface area contributed by atoms with E-state index < -0.39 is 43.9 Å². The Balaban J connectivity index is 5.02. The third-order valence-corrected chi connectivity index (χ3v) is 6.86. The van der Waals surface area contributed by atoms with Gasteiger partial charge in [-0.1, -0.05) is 68.2 Å². The summed E-state index contributed by atoms with van der Waals surface area (Å²) < 4.78 is 59.7. The van der Waals surface area contributed by atoms with Gasteiger partial charge in [-0.3, -0.25) is 8.37 Å². The smallest absolute Gasteiger partial charge is 0.266 e. The van der Waals surface area contributed by atoms with Crippen LogP contribution in [0.4, 0.5) is 0 Å². The zero-order valence-electron chi connectivity index (χ0n) is 17.7. The minimum Gasteiger partial charge on any atom is -0.266 e. The summed E-state index contributed by atoms with van der Waals surface area (Å²) in [6.07, 6.45) is 1.78. The van der Waals surface area contributed by atoms with Gasteiger partial charge in [0.25, 0.3) is 20.2 Å². The molecule has 2 unspecified atom stereocenters. The first kappa shape index (κ1) is 25.8. The lowest BCUT2D eigenvalue weighted by atomic mass is 9.87. The number of hydrogen-bond acceptors (Lipinski definition) is 6. The Hall–Kier alpha value is -0.180. The second-order valence-electron chi connectivity index (χ2n) is 9.00. The molecule has 0 amide bonds. The van der Waals surface area contributed by atoms with E-state index >= 15 is 0 Å². The van der Waals surface area contributed by atoms with Crippen molar-refractivity contribution >= 4 is 20.2 Å². The van der Waals surface area contributed by atoms with Crippen LogP contribution < -0.4 is 0 Å². The van der Waals surface area contributed by atoms with Crippen LogP contribution in [-0.4, -0.2) is 40.5 Å². The molecule has 0 aliphatic carbocycles. The van der Waals surface area contributed by atoms with E-state index in [1.54, 1.807) is 0 Å². The Morgan fingerprint density at radius 1 is 0.654 bits per heavy atom. The van der Waals surface area contributed by atoms with Gasteiger partial charge in [-0.05, 0) is 23.7 Å². The maximum Gasteiger partial charge on any atom is 0.268 e. The Bertz CT molecular complexity index is 553. The fraction of sp³-hybridized carbons (Fsp3) is 1.00. The van der Waals surface area contributed by atoms with Crippen LogP contribution in [0.5, 0.6) is 0 Å². The average Bonchev–Trinajstić information content (AvgIpc) is 2.42. The molecule has 0 aromatic carbocycles. The fourth-order valence-electron chi connectivity index (χ4n) is 2.43. The summed E-state index contributed by atoms with van der Waals surface area (Å²) in [6, 6.07) is 0. The normalized spacial score (nSPS) is 16.5. The monoisotopic (exact) mass is 414 g/mol. The first-order valence-corrected chi connectivity index (χ1v) is 12.5. The molecule has 0 heterocycles. The molecule has 0 radical (unpaired) electrons. The molecule has 0 aromatic heterocycles. The topological polar surface area (TPSA) is 86.7 Å². The lowest BCUT2D eigenvalue weighted by molar-refractivity contribution is 0.0827. The molecule has 0 aromatic rings. The van der Waals surface area contributed by atoms with Crippen molar-refractivity contribution in [2.75, 3.05) is 11.5 Å². The van der Waals surface area contributed by atoms with Crippen molar-refractivity contribution in [2.24, 2.45) is 10.8 Å². The highest BCUT2D eigenvalue weighted by atomic mass is 32.2. The van der Waals surface area contributed by atoms with Crippen LogP contribution in [-0.2, 0) is 28.6 Å². The number of hydrogen-bond donors (Lipinski definition) is 0. The zero-order valence-corrected chi connectivity index (χ0v) is 19.3. The first-order chi connectivity index (χ1) is 11.5. The Labute approximate surface area is 161 Å². The van der Waals surface area contributed by atoms with Crippen molar-refractivity contribution in [2.45, 2.75) is 93.3 Å². The Morgan fingerprint density at radius 3 is 1.12 bits per heavy atom. The second kappa shape index (κ2) is 9.85. The van der Waals surface area contributed by atoms with Gasteiger partial charge in [0.1, 0.15) is 0 Å². The molecule has 0 saturated heterocycles. The molecular weight excluding hydrogens is 376 g/mol. The Morgan fingerprint density at radius 2 is 0.923 bits per heavy atom. The molecule has 2 atom stereocenters. The van der Waals surface area contributed by atoms with Gasteiger partial charge in [-0.25, -0.2) is 0 Å². The molecular formula is C18H38O6S2. The van der Waals surface area contributed by atoms with Gasteiger partial charge >= 0.3 is 0 Å². The van der Waals surface area contributed by atoms with E-state index in [-0.39, 0.29) is 10.8 Å². The molecule has 0 fully saturated rings. The summed E-state index contributed by atoms with van der Waals surface area (Å²) in [7, 11) is -7.92. The SMILES string of the molecule is CCCC(OS(=O)(=O)CCS(=O)(=O)OC(CCC)C(C)(C)C)C(C)(C)C. The quantitative estimate of drug-likeness (QED) is 0.473. The highest BCUT2D eigenvalue weighted by molar-refractivity contribution is 7.90. The molecule has 26 heavy (non-hydrogen) atoms. The predicted octanol–water partition coefficient (Wildman–Crippen LogP) is 4.11.